The number of unbranched alkanes of at least 4 members (excludes halogenated alkanes) is 9. The summed E-state index contributed by atoms with van der Waals surface area (Å²) in [5.41, 5.74) is 1.38. The van der Waals surface area contributed by atoms with Gasteiger partial charge in [0, 0.05) is 6.42 Å². The largest absolute Gasteiger partial charge is 0.491 e. The van der Waals surface area contributed by atoms with Crippen LogP contribution in [0.3, 0.4) is 0 Å². The molecule has 8 heteroatoms. The monoisotopic (exact) mass is 596 g/mol. The first-order valence-corrected chi connectivity index (χ1v) is 16.5. The molecule has 0 aromatic heterocycles. The molecule has 0 aliphatic heterocycles. The summed E-state index contributed by atoms with van der Waals surface area (Å²) in [6.45, 7) is 10.2. The van der Waals surface area contributed by atoms with E-state index in [1.165, 1.54) is 63.4 Å². The van der Waals surface area contributed by atoms with Crippen molar-refractivity contribution in [3.63, 3.8) is 0 Å². The van der Waals surface area contributed by atoms with Crippen molar-refractivity contribution in [2.45, 2.75) is 97.3 Å². The maximum atomic E-state index is 11.6. The van der Waals surface area contributed by atoms with Gasteiger partial charge < -0.3 is 33.2 Å². The lowest BCUT2D eigenvalue weighted by molar-refractivity contribution is -0.145. The number of hydrogen-bond donors (Lipinski definition) is 0. The molecule has 0 aliphatic rings. The number of carbonyl (C=O) groups excluding carboxylic acids is 1. The van der Waals surface area contributed by atoms with E-state index in [2.05, 4.69) is 26.0 Å². The Bertz CT molecular complexity index is 697. The Labute approximate surface area is 256 Å². The van der Waals surface area contributed by atoms with Crippen molar-refractivity contribution in [1.82, 2.24) is 0 Å². The van der Waals surface area contributed by atoms with E-state index in [1.807, 2.05) is 12.1 Å². The lowest BCUT2D eigenvalue weighted by Crippen LogP contribution is -2.15. The molecule has 244 valence electrons. The first kappa shape index (κ1) is 38.3. The van der Waals surface area contributed by atoms with Gasteiger partial charge >= 0.3 is 5.97 Å². The lowest BCUT2D eigenvalue weighted by atomic mass is 10.0. The van der Waals surface area contributed by atoms with Crippen LogP contribution in [0.5, 0.6) is 5.75 Å². The third-order valence-corrected chi connectivity index (χ3v) is 6.70. The minimum atomic E-state index is -0.139. The van der Waals surface area contributed by atoms with Crippen LogP contribution in [0.2, 0.25) is 0 Å². The number of carbonyl (C=O) groups is 1. The van der Waals surface area contributed by atoms with Gasteiger partial charge in [-0.3, -0.25) is 4.79 Å². The zero-order valence-corrected chi connectivity index (χ0v) is 26.8. The Morgan fingerprint density at radius 2 is 0.929 bits per heavy atom. The molecule has 0 saturated heterocycles. The second kappa shape index (κ2) is 30.7. The highest BCUT2D eigenvalue weighted by Gasteiger charge is 2.02. The van der Waals surface area contributed by atoms with Crippen LogP contribution in [0.1, 0.15) is 96.5 Å². The molecule has 0 bridgehead atoms. The molecule has 0 spiro atoms. The summed E-state index contributed by atoms with van der Waals surface area (Å²) in [5.74, 6) is 0.747. The van der Waals surface area contributed by atoms with Crippen LogP contribution in [0.25, 0.3) is 0 Å². The summed E-state index contributed by atoms with van der Waals surface area (Å²) < 4.78 is 38.4. The van der Waals surface area contributed by atoms with Gasteiger partial charge in [0.2, 0.25) is 0 Å². The van der Waals surface area contributed by atoms with Crippen LogP contribution >= 0.6 is 0 Å². The summed E-state index contributed by atoms with van der Waals surface area (Å²) in [5, 5.41) is 0. The molecule has 0 radical (unpaired) electrons. The summed E-state index contributed by atoms with van der Waals surface area (Å²) in [6.07, 6.45) is 15.2. The van der Waals surface area contributed by atoms with Crippen LogP contribution < -0.4 is 4.74 Å². The van der Waals surface area contributed by atoms with Crippen molar-refractivity contribution in [3.8, 4) is 5.75 Å². The van der Waals surface area contributed by atoms with E-state index in [0.717, 1.165) is 25.0 Å². The molecule has 0 heterocycles. The zero-order valence-electron chi connectivity index (χ0n) is 26.8. The van der Waals surface area contributed by atoms with Crippen LogP contribution in [-0.2, 0) is 39.6 Å². The highest BCUT2D eigenvalue weighted by Crippen LogP contribution is 2.15. The predicted octanol–water partition coefficient (Wildman–Crippen LogP) is 6.96. The number of ether oxygens (including phenoxy) is 7. The summed E-state index contributed by atoms with van der Waals surface area (Å²) in [6, 6.07) is 8.43. The van der Waals surface area contributed by atoms with E-state index < -0.39 is 0 Å². The third kappa shape index (κ3) is 26.0. The van der Waals surface area contributed by atoms with E-state index in [9.17, 15) is 4.79 Å². The molecule has 8 nitrogen and oxygen atoms in total. The summed E-state index contributed by atoms with van der Waals surface area (Å²) >= 11 is 0. The predicted molar refractivity (Wildman–Crippen MR) is 167 cm³/mol. The number of rotatable bonds is 32. The molecule has 0 fully saturated rings. The molecule has 1 aromatic carbocycles. The van der Waals surface area contributed by atoms with Crippen molar-refractivity contribution in [3.05, 3.63) is 29.8 Å². The Morgan fingerprint density at radius 3 is 1.45 bits per heavy atom. The molecule has 42 heavy (non-hydrogen) atoms. The molecule has 1 aromatic rings. The highest BCUT2D eigenvalue weighted by atomic mass is 16.6. The van der Waals surface area contributed by atoms with Crippen LogP contribution in [0, 0.1) is 0 Å². The Balaban J connectivity index is 1.76. The molecule has 0 unspecified atom stereocenters. The normalized spacial score (nSPS) is 11.2. The molecule has 0 aliphatic carbocycles. The quantitative estimate of drug-likeness (QED) is 0.0653. The van der Waals surface area contributed by atoms with Gasteiger partial charge in [0.15, 0.2) is 0 Å². The smallest absolute Gasteiger partial charge is 0.305 e. The number of hydrogen-bond acceptors (Lipinski definition) is 8. The Morgan fingerprint density at radius 1 is 0.500 bits per heavy atom. The third-order valence-electron chi connectivity index (χ3n) is 6.70. The molecule has 0 saturated carbocycles. The average Bonchev–Trinajstić information content (AvgIpc) is 3.00. The van der Waals surface area contributed by atoms with Gasteiger partial charge in [-0.1, -0.05) is 83.8 Å². The second-order valence-electron chi connectivity index (χ2n) is 10.5. The van der Waals surface area contributed by atoms with Crippen LogP contribution in [-0.4, -0.2) is 85.3 Å². The van der Waals surface area contributed by atoms with Crippen molar-refractivity contribution in [2.75, 3.05) is 79.3 Å². The summed E-state index contributed by atoms with van der Waals surface area (Å²) in [7, 11) is 0. The van der Waals surface area contributed by atoms with Gasteiger partial charge in [0.25, 0.3) is 0 Å². The van der Waals surface area contributed by atoms with Gasteiger partial charge in [-0.05, 0) is 37.0 Å². The minimum Gasteiger partial charge on any atom is -0.491 e. The molecular weight excluding hydrogens is 536 g/mol. The van der Waals surface area contributed by atoms with E-state index in [-0.39, 0.29) is 5.97 Å². The lowest BCUT2D eigenvalue weighted by Gasteiger charge is -2.09. The maximum Gasteiger partial charge on any atom is 0.305 e. The maximum absolute atomic E-state index is 11.6. The first-order valence-electron chi connectivity index (χ1n) is 16.5. The fourth-order valence-corrected chi connectivity index (χ4v) is 4.22. The summed E-state index contributed by atoms with van der Waals surface area (Å²) in [4.78, 5) is 11.6. The van der Waals surface area contributed by atoms with Crippen molar-refractivity contribution < 1.29 is 38.0 Å². The molecule has 0 atom stereocenters. The van der Waals surface area contributed by atoms with Crippen molar-refractivity contribution >= 4 is 5.97 Å². The zero-order chi connectivity index (χ0) is 30.2. The average molecular weight is 597 g/mol. The number of esters is 1. The van der Waals surface area contributed by atoms with Crippen LogP contribution in [0.15, 0.2) is 24.3 Å². The molecule has 0 amide bonds. The van der Waals surface area contributed by atoms with Gasteiger partial charge in [0.05, 0.1) is 66.1 Å². The number of benzene rings is 1. The van der Waals surface area contributed by atoms with E-state index >= 15 is 0 Å². The van der Waals surface area contributed by atoms with Crippen molar-refractivity contribution in [1.29, 1.82) is 0 Å². The van der Waals surface area contributed by atoms with Crippen LogP contribution in [0.4, 0.5) is 0 Å². The van der Waals surface area contributed by atoms with E-state index in [4.69, 9.17) is 33.2 Å². The van der Waals surface area contributed by atoms with Crippen molar-refractivity contribution in [2.24, 2.45) is 0 Å². The van der Waals surface area contributed by atoms with E-state index in [1.54, 1.807) is 0 Å². The Hall–Kier alpha value is -1.71. The SMILES string of the molecule is CCCCCCCCc1ccc(OCCOCCOCCOCCOCCOCCOC(=O)CCCCCCC)cc1. The standard InChI is InChI=1S/C34H60O8/c1-3-5-7-9-11-12-14-32-16-18-33(19-17-32)41-30-28-39-26-24-37-22-20-36-21-23-38-25-27-40-29-31-42-34(35)15-13-10-8-6-4-2/h16-19H,3-15,20-31H2,1-2H3. The van der Waals surface area contributed by atoms with Gasteiger partial charge in [0.1, 0.15) is 19.0 Å². The molecule has 1 rings (SSSR count). The first-order chi connectivity index (χ1) is 20.8. The molecule has 0 N–H and O–H groups in total. The number of aryl methyl sites for hydroxylation is 1. The fraction of sp³-hybridized carbons (Fsp3) is 0.794. The topological polar surface area (TPSA) is 81.7 Å². The van der Waals surface area contributed by atoms with Gasteiger partial charge in [-0.15, -0.1) is 0 Å². The van der Waals surface area contributed by atoms with Gasteiger partial charge in [-0.2, -0.15) is 0 Å². The van der Waals surface area contributed by atoms with E-state index in [0.29, 0.717) is 85.7 Å². The highest BCUT2D eigenvalue weighted by molar-refractivity contribution is 5.69. The fourth-order valence-electron chi connectivity index (χ4n) is 4.22. The molecular formula is C34H60O8. The Kier molecular flexibility index (Phi) is 28.0. The minimum absolute atomic E-state index is 0.139. The van der Waals surface area contributed by atoms with Gasteiger partial charge in [-0.25, -0.2) is 0 Å². The second-order valence-corrected chi connectivity index (χ2v) is 10.5.